The highest BCUT2D eigenvalue weighted by molar-refractivity contribution is 5.91. The van der Waals surface area contributed by atoms with Crippen LogP contribution in [0.2, 0.25) is 0 Å². The number of nitrogens with one attached hydrogen (secondary N) is 1. The summed E-state index contributed by atoms with van der Waals surface area (Å²) in [4.78, 5) is 42.3. The molecule has 1 N–H and O–H groups in total. The number of carbonyl (C=O) groups excluding carboxylic acids is 1. The Labute approximate surface area is 211 Å². The van der Waals surface area contributed by atoms with Crippen molar-refractivity contribution < 1.29 is 4.79 Å². The fraction of sp³-hybridized carbons (Fsp3) is 0.222. The smallest absolute Gasteiger partial charge is 0.315 e. The van der Waals surface area contributed by atoms with Gasteiger partial charge in [-0.05, 0) is 48.6 Å². The Kier molecular flexibility index (Phi) is 5.36. The molecule has 37 heavy (non-hydrogen) atoms. The van der Waals surface area contributed by atoms with Gasteiger partial charge in [0.15, 0.2) is 11.2 Å². The predicted molar refractivity (Wildman–Crippen MR) is 140 cm³/mol. The summed E-state index contributed by atoms with van der Waals surface area (Å²) in [6.45, 7) is -0.155. The zero-order chi connectivity index (χ0) is 25.7. The molecule has 0 saturated carbocycles. The number of benzene rings is 2. The van der Waals surface area contributed by atoms with E-state index in [2.05, 4.69) is 28.5 Å². The van der Waals surface area contributed by atoms with Crippen LogP contribution in [0, 0.1) is 0 Å². The summed E-state index contributed by atoms with van der Waals surface area (Å²) in [5.41, 5.74) is 4.74. The van der Waals surface area contributed by atoms with Gasteiger partial charge in [-0.1, -0.05) is 30.3 Å². The minimum atomic E-state index is -0.503. The number of imidazole rings is 1. The number of aryl methyl sites for hydroxylation is 3. The SMILES string of the molecule is Cn1c(=O)c2c(ncn2CC(=O)Nc2cc(-c3ccc4c(c3)CCC4)nn2-c2ccccc2)n(C)c1=O. The van der Waals surface area contributed by atoms with E-state index in [1.54, 1.807) is 11.7 Å². The summed E-state index contributed by atoms with van der Waals surface area (Å²) in [5.74, 6) is 0.157. The first-order valence-electron chi connectivity index (χ1n) is 12.1. The van der Waals surface area contributed by atoms with Gasteiger partial charge in [0, 0.05) is 25.7 Å². The lowest BCUT2D eigenvalue weighted by molar-refractivity contribution is -0.116. The third kappa shape index (κ3) is 3.86. The van der Waals surface area contributed by atoms with Crippen LogP contribution >= 0.6 is 0 Å². The van der Waals surface area contributed by atoms with Crippen molar-refractivity contribution in [3.8, 4) is 16.9 Å². The van der Waals surface area contributed by atoms with E-state index in [0.717, 1.165) is 34.4 Å². The molecule has 0 radical (unpaired) electrons. The van der Waals surface area contributed by atoms with Gasteiger partial charge in [0.1, 0.15) is 12.4 Å². The van der Waals surface area contributed by atoms with E-state index in [0.29, 0.717) is 5.82 Å². The van der Waals surface area contributed by atoms with Gasteiger partial charge in [0.25, 0.3) is 5.56 Å². The maximum atomic E-state index is 13.2. The van der Waals surface area contributed by atoms with Crippen LogP contribution in [0.3, 0.4) is 0 Å². The second-order valence-electron chi connectivity index (χ2n) is 9.30. The summed E-state index contributed by atoms with van der Waals surface area (Å²) in [5, 5.41) is 7.76. The van der Waals surface area contributed by atoms with E-state index in [-0.39, 0.29) is 23.6 Å². The molecular formula is C27H25N7O3. The molecule has 2 aromatic carbocycles. The molecule has 10 nitrogen and oxygen atoms in total. The highest BCUT2D eigenvalue weighted by Gasteiger charge is 2.19. The number of anilines is 1. The third-order valence-corrected chi connectivity index (χ3v) is 6.90. The summed E-state index contributed by atoms with van der Waals surface area (Å²) >= 11 is 0. The minimum Gasteiger partial charge on any atom is -0.315 e. The minimum absolute atomic E-state index is 0.155. The number of para-hydroxylation sites is 1. The molecule has 6 rings (SSSR count). The van der Waals surface area contributed by atoms with Gasteiger partial charge in [0.05, 0.1) is 17.7 Å². The summed E-state index contributed by atoms with van der Waals surface area (Å²) in [6.07, 6.45) is 4.74. The van der Waals surface area contributed by atoms with E-state index < -0.39 is 11.2 Å². The van der Waals surface area contributed by atoms with Gasteiger partial charge in [-0.3, -0.25) is 18.7 Å². The standard InChI is InChI=1S/C27H25N7O3/c1-31-25-24(26(36)32(2)27(31)37)33(16-28-25)15-23(35)29-22-14-21(30-34(22)20-9-4-3-5-10-20)19-12-11-17-7-6-8-18(17)13-19/h3-5,9-14,16H,6-8,15H2,1-2H3,(H,29,35). The van der Waals surface area contributed by atoms with Gasteiger partial charge in [-0.2, -0.15) is 5.10 Å². The molecule has 0 spiro atoms. The zero-order valence-corrected chi connectivity index (χ0v) is 20.5. The largest absolute Gasteiger partial charge is 0.332 e. The third-order valence-electron chi connectivity index (χ3n) is 6.90. The van der Waals surface area contributed by atoms with Crippen LogP contribution in [0.15, 0.2) is 70.5 Å². The van der Waals surface area contributed by atoms with E-state index in [9.17, 15) is 14.4 Å². The van der Waals surface area contributed by atoms with Gasteiger partial charge in [-0.25, -0.2) is 14.5 Å². The van der Waals surface area contributed by atoms with Gasteiger partial charge in [-0.15, -0.1) is 0 Å². The van der Waals surface area contributed by atoms with E-state index in [1.807, 2.05) is 36.4 Å². The molecule has 3 aromatic heterocycles. The van der Waals surface area contributed by atoms with E-state index in [1.165, 1.54) is 40.1 Å². The summed E-state index contributed by atoms with van der Waals surface area (Å²) in [6, 6.07) is 17.9. The van der Waals surface area contributed by atoms with Crippen molar-refractivity contribution in [2.24, 2.45) is 14.1 Å². The van der Waals surface area contributed by atoms with Crippen molar-refractivity contribution >= 4 is 22.9 Å². The highest BCUT2D eigenvalue weighted by Crippen LogP contribution is 2.30. The van der Waals surface area contributed by atoms with Crippen LogP contribution in [0.4, 0.5) is 5.82 Å². The molecule has 1 aliphatic carbocycles. The molecule has 0 bridgehead atoms. The molecule has 5 aromatic rings. The Morgan fingerprint density at radius 3 is 2.57 bits per heavy atom. The molecule has 1 amide bonds. The van der Waals surface area contributed by atoms with Crippen LogP contribution < -0.4 is 16.6 Å². The molecule has 0 saturated heterocycles. The number of aromatic nitrogens is 6. The molecule has 0 atom stereocenters. The number of rotatable bonds is 5. The average Bonchev–Trinajstić information content (AvgIpc) is 3.65. The lowest BCUT2D eigenvalue weighted by Crippen LogP contribution is -2.37. The Morgan fingerprint density at radius 1 is 0.973 bits per heavy atom. The van der Waals surface area contributed by atoms with Crippen molar-refractivity contribution in [2.45, 2.75) is 25.8 Å². The van der Waals surface area contributed by atoms with Crippen molar-refractivity contribution in [1.82, 2.24) is 28.5 Å². The van der Waals surface area contributed by atoms with Gasteiger partial charge in [0.2, 0.25) is 5.91 Å². The number of fused-ring (bicyclic) bond motifs is 2. The summed E-state index contributed by atoms with van der Waals surface area (Å²) in [7, 11) is 2.95. The normalized spacial score (nSPS) is 12.7. The van der Waals surface area contributed by atoms with Gasteiger partial charge >= 0.3 is 5.69 Å². The van der Waals surface area contributed by atoms with E-state index in [4.69, 9.17) is 5.10 Å². The second kappa shape index (κ2) is 8.74. The number of carbonyl (C=O) groups is 1. The number of amides is 1. The molecule has 1 aliphatic rings. The highest BCUT2D eigenvalue weighted by atomic mass is 16.2. The Hall–Kier alpha value is -4.73. The first-order chi connectivity index (χ1) is 17.9. The zero-order valence-electron chi connectivity index (χ0n) is 20.5. The van der Waals surface area contributed by atoms with Crippen molar-refractivity contribution in [1.29, 1.82) is 0 Å². The summed E-state index contributed by atoms with van der Waals surface area (Å²) < 4.78 is 5.45. The maximum Gasteiger partial charge on any atom is 0.332 e. The first kappa shape index (κ1) is 22.7. The molecule has 0 unspecified atom stereocenters. The molecule has 186 valence electrons. The van der Waals surface area contributed by atoms with Crippen LogP contribution in [-0.4, -0.2) is 34.4 Å². The van der Waals surface area contributed by atoms with Crippen LogP contribution in [0.25, 0.3) is 28.1 Å². The van der Waals surface area contributed by atoms with Crippen molar-refractivity contribution in [2.75, 3.05) is 5.32 Å². The molecule has 0 fully saturated rings. The topological polar surface area (TPSA) is 109 Å². The number of nitrogens with zero attached hydrogens (tertiary/aromatic N) is 6. The Morgan fingerprint density at radius 2 is 1.76 bits per heavy atom. The van der Waals surface area contributed by atoms with Crippen LogP contribution in [0.1, 0.15) is 17.5 Å². The maximum absolute atomic E-state index is 13.2. The van der Waals surface area contributed by atoms with E-state index >= 15 is 0 Å². The lowest BCUT2D eigenvalue weighted by atomic mass is 10.0. The first-order valence-corrected chi connectivity index (χ1v) is 12.1. The van der Waals surface area contributed by atoms with Crippen LogP contribution in [-0.2, 0) is 38.3 Å². The quantitative estimate of drug-likeness (QED) is 0.403. The van der Waals surface area contributed by atoms with Crippen molar-refractivity contribution in [3.05, 3.63) is 92.9 Å². The van der Waals surface area contributed by atoms with Gasteiger partial charge < -0.3 is 9.88 Å². The number of hydrogen-bond donors (Lipinski definition) is 1. The Balaban J connectivity index is 1.35. The monoisotopic (exact) mass is 495 g/mol. The molecule has 0 aliphatic heterocycles. The number of hydrogen-bond acceptors (Lipinski definition) is 5. The van der Waals surface area contributed by atoms with Crippen molar-refractivity contribution in [3.63, 3.8) is 0 Å². The predicted octanol–water partition coefficient (Wildman–Crippen LogP) is 2.41. The molecule has 3 heterocycles. The second-order valence-corrected chi connectivity index (χ2v) is 9.30. The molecule has 10 heteroatoms. The van der Waals surface area contributed by atoms with Crippen LogP contribution in [0.5, 0.6) is 0 Å². The fourth-order valence-electron chi connectivity index (χ4n) is 4.96. The average molecular weight is 496 g/mol. The lowest BCUT2D eigenvalue weighted by Gasteiger charge is -2.10. The molecular weight excluding hydrogens is 470 g/mol. The Bertz CT molecular complexity index is 1790. The fourth-order valence-corrected chi connectivity index (χ4v) is 4.96.